The molecule has 0 spiro atoms. The first-order valence-electron chi connectivity index (χ1n) is 6.30. The molecular formula is C13H19NO3S. The van der Waals surface area contributed by atoms with Gasteiger partial charge < -0.3 is 5.11 Å². The van der Waals surface area contributed by atoms with E-state index in [-0.39, 0.29) is 11.7 Å². The van der Waals surface area contributed by atoms with Gasteiger partial charge in [0.25, 0.3) is 0 Å². The molecule has 1 aliphatic carbocycles. The zero-order chi connectivity index (χ0) is 13.0. The molecule has 0 amide bonds. The number of hydrogen-bond donors (Lipinski definition) is 2. The minimum absolute atomic E-state index is 0.136. The van der Waals surface area contributed by atoms with E-state index in [1.54, 1.807) is 24.3 Å². The molecule has 1 fully saturated rings. The number of rotatable bonds is 5. The van der Waals surface area contributed by atoms with E-state index >= 15 is 0 Å². The van der Waals surface area contributed by atoms with Gasteiger partial charge in [-0.3, -0.25) is 4.72 Å². The maximum atomic E-state index is 11.9. The van der Waals surface area contributed by atoms with E-state index in [0.29, 0.717) is 5.69 Å². The van der Waals surface area contributed by atoms with Crippen LogP contribution in [-0.4, -0.2) is 25.4 Å². The molecular weight excluding hydrogens is 250 g/mol. The van der Waals surface area contributed by atoms with Crippen LogP contribution in [0.4, 0.5) is 5.69 Å². The minimum atomic E-state index is -3.47. The van der Waals surface area contributed by atoms with Crippen LogP contribution in [0.15, 0.2) is 30.3 Å². The van der Waals surface area contributed by atoms with Gasteiger partial charge in [-0.05, 0) is 30.9 Å². The van der Waals surface area contributed by atoms with Gasteiger partial charge in [-0.1, -0.05) is 31.0 Å². The van der Waals surface area contributed by atoms with Crippen molar-refractivity contribution in [3.05, 3.63) is 30.3 Å². The Morgan fingerprint density at radius 2 is 1.83 bits per heavy atom. The molecule has 4 nitrogen and oxygen atoms in total. The summed E-state index contributed by atoms with van der Waals surface area (Å²) < 4.78 is 26.3. The summed E-state index contributed by atoms with van der Waals surface area (Å²) in [6.45, 7) is 0. The third-order valence-corrected chi connectivity index (χ3v) is 4.71. The zero-order valence-corrected chi connectivity index (χ0v) is 11.1. The highest BCUT2D eigenvalue weighted by Crippen LogP contribution is 2.28. The number of aliphatic hydroxyl groups is 1. The molecule has 0 unspecified atom stereocenters. The summed E-state index contributed by atoms with van der Waals surface area (Å²) in [6.07, 6.45) is 3.29. The predicted molar refractivity (Wildman–Crippen MR) is 71.8 cm³/mol. The molecule has 0 aliphatic heterocycles. The predicted octanol–water partition coefficient (Wildman–Crippen LogP) is 1.98. The molecule has 1 saturated carbocycles. The average molecular weight is 269 g/mol. The van der Waals surface area contributed by atoms with Gasteiger partial charge in [-0.25, -0.2) is 8.42 Å². The summed E-state index contributed by atoms with van der Waals surface area (Å²) in [5.74, 6) is -0.0793. The van der Waals surface area contributed by atoms with Gasteiger partial charge in [-0.2, -0.15) is 0 Å². The summed E-state index contributed by atoms with van der Waals surface area (Å²) in [5.41, 5.74) is 0.538. The quantitative estimate of drug-likeness (QED) is 0.859. The minimum Gasteiger partial charge on any atom is -0.392 e. The van der Waals surface area contributed by atoms with Gasteiger partial charge in [0.05, 0.1) is 11.9 Å². The third kappa shape index (κ3) is 3.71. The topological polar surface area (TPSA) is 66.4 Å². The molecule has 18 heavy (non-hydrogen) atoms. The number of benzene rings is 1. The van der Waals surface area contributed by atoms with E-state index < -0.39 is 16.1 Å². The summed E-state index contributed by atoms with van der Waals surface area (Å²) >= 11 is 0. The lowest BCUT2D eigenvalue weighted by Gasteiger charge is -2.18. The van der Waals surface area contributed by atoms with Gasteiger partial charge in [0.15, 0.2) is 0 Å². The molecule has 0 aromatic heterocycles. The fourth-order valence-electron chi connectivity index (χ4n) is 2.43. The number of sulfonamides is 1. The van der Waals surface area contributed by atoms with Crippen molar-refractivity contribution in [1.82, 2.24) is 0 Å². The maximum absolute atomic E-state index is 11.9. The summed E-state index contributed by atoms with van der Waals surface area (Å²) in [7, 11) is -3.47. The first-order valence-corrected chi connectivity index (χ1v) is 7.96. The standard InChI is InChI=1S/C13H19NO3S/c15-13(11-6-4-5-7-11)10-18(16,17)14-12-8-2-1-3-9-12/h1-3,8-9,11,13-15H,4-7,10H2/t13-/m1/s1. The molecule has 100 valence electrons. The van der Waals surface area contributed by atoms with E-state index in [9.17, 15) is 13.5 Å². The second kappa shape index (κ2) is 5.71. The fraction of sp³-hybridized carbons (Fsp3) is 0.538. The van der Waals surface area contributed by atoms with Crippen molar-refractivity contribution in [1.29, 1.82) is 0 Å². The van der Waals surface area contributed by atoms with Crippen LogP contribution >= 0.6 is 0 Å². The lowest BCUT2D eigenvalue weighted by molar-refractivity contribution is 0.132. The molecule has 1 aromatic carbocycles. The molecule has 0 heterocycles. The van der Waals surface area contributed by atoms with Crippen molar-refractivity contribution in [2.75, 3.05) is 10.5 Å². The van der Waals surface area contributed by atoms with Crippen LogP contribution < -0.4 is 4.72 Å². The largest absolute Gasteiger partial charge is 0.392 e. The average Bonchev–Trinajstić information content (AvgIpc) is 2.82. The molecule has 1 aromatic rings. The van der Waals surface area contributed by atoms with Gasteiger partial charge >= 0.3 is 0 Å². The van der Waals surface area contributed by atoms with E-state index in [1.807, 2.05) is 6.07 Å². The van der Waals surface area contributed by atoms with Crippen LogP contribution in [0.25, 0.3) is 0 Å². The number of hydrogen-bond acceptors (Lipinski definition) is 3. The Morgan fingerprint density at radius 3 is 2.44 bits per heavy atom. The molecule has 2 rings (SSSR count). The van der Waals surface area contributed by atoms with Crippen molar-refractivity contribution in [2.45, 2.75) is 31.8 Å². The highest BCUT2D eigenvalue weighted by molar-refractivity contribution is 7.92. The van der Waals surface area contributed by atoms with Crippen molar-refractivity contribution in [3.8, 4) is 0 Å². The Kier molecular flexibility index (Phi) is 4.24. The third-order valence-electron chi connectivity index (χ3n) is 3.38. The van der Waals surface area contributed by atoms with Crippen molar-refractivity contribution < 1.29 is 13.5 Å². The highest BCUT2D eigenvalue weighted by Gasteiger charge is 2.27. The fourth-order valence-corrected chi connectivity index (χ4v) is 3.73. The van der Waals surface area contributed by atoms with E-state index in [0.717, 1.165) is 25.7 Å². The van der Waals surface area contributed by atoms with Crippen molar-refractivity contribution >= 4 is 15.7 Å². The molecule has 1 aliphatic rings. The first kappa shape index (κ1) is 13.4. The van der Waals surface area contributed by atoms with Crippen LogP contribution in [0, 0.1) is 5.92 Å². The van der Waals surface area contributed by atoms with Crippen LogP contribution in [0.2, 0.25) is 0 Å². The first-order chi connectivity index (χ1) is 8.57. The van der Waals surface area contributed by atoms with Gasteiger partial charge in [0.1, 0.15) is 0 Å². The molecule has 5 heteroatoms. The molecule has 0 saturated heterocycles. The van der Waals surface area contributed by atoms with Gasteiger partial charge in [0, 0.05) is 5.69 Å². The molecule has 0 bridgehead atoms. The maximum Gasteiger partial charge on any atom is 0.235 e. The van der Waals surface area contributed by atoms with Crippen molar-refractivity contribution in [3.63, 3.8) is 0 Å². The smallest absolute Gasteiger partial charge is 0.235 e. The zero-order valence-electron chi connectivity index (χ0n) is 10.2. The Balaban J connectivity index is 1.94. The second-order valence-corrected chi connectivity index (χ2v) is 6.63. The molecule has 1 atom stereocenters. The Bertz CT molecular complexity index is 466. The number of para-hydroxylation sites is 1. The Labute approximate surface area is 108 Å². The Morgan fingerprint density at radius 1 is 1.22 bits per heavy atom. The summed E-state index contributed by atoms with van der Waals surface area (Å²) in [5, 5.41) is 9.94. The molecule has 2 N–H and O–H groups in total. The van der Waals surface area contributed by atoms with Crippen LogP contribution in [0.5, 0.6) is 0 Å². The SMILES string of the molecule is O=S(=O)(C[C@@H](O)C1CCCC1)Nc1ccccc1. The molecule has 0 radical (unpaired) electrons. The van der Waals surface area contributed by atoms with Crippen molar-refractivity contribution in [2.24, 2.45) is 5.92 Å². The highest BCUT2D eigenvalue weighted by atomic mass is 32.2. The van der Waals surface area contributed by atoms with Gasteiger partial charge in [-0.15, -0.1) is 0 Å². The van der Waals surface area contributed by atoms with Gasteiger partial charge in [0.2, 0.25) is 10.0 Å². The summed E-state index contributed by atoms with van der Waals surface area (Å²) in [6, 6.07) is 8.75. The summed E-state index contributed by atoms with van der Waals surface area (Å²) in [4.78, 5) is 0. The van der Waals surface area contributed by atoms with E-state index in [2.05, 4.69) is 4.72 Å². The van der Waals surface area contributed by atoms with E-state index in [1.165, 1.54) is 0 Å². The second-order valence-electron chi connectivity index (χ2n) is 4.86. The Hall–Kier alpha value is -1.07. The van der Waals surface area contributed by atoms with Crippen LogP contribution in [0.3, 0.4) is 0 Å². The lowest BCUT2D eigenvalue weighted by atomic mass is 10.0. The number of aliphatic hydroxyl groups excluding tert-OH is 1. The number of nitrogens with one attached hydrogen (secondary N) is 1. The monoisotopic (exact) mass is 269 g/mol. The van der Waals surface area contributed by atoms with E-state index in [4.69, 9.17) is 0 Å². The lowest BCUT2D eigenvalue weighted by Crippen LogP contribution is -2.30. The normalized spacial score (nSPS) is 18.7. The van der Waals surface area contributed by atoms with Crippen LogP contribution in [0.1, 0.15) is 25.7 Å². The number of anilines is 1. The van der Waals surface area contributed by atoms with Crippen LogP contribution in [-0.2, 0) is 10.0 Å².